The predicted molar refractivity (Wildman–Crippen MR) is 80.0 cm³/mol. The lowest BCUT2D eigenvalue weighted by atomic mass is 10.3. The number of hydrogen-bond donors (Lipinski definition) is 3. The molecule has 3 aromatic rings. The highest BCUT2D eigenvalue weighted by molar-refractivity contribution is 6.10. The van der Waals surface area contributed by atoms with Crippen LogP contribution in [0.1, 0.15) is 5.82 Å². The quantitative estimate of drug-likeness (QED) is 0.389. The number of para-hydroxylation sites is 2. The Hall–Kier alpha value is -3.33. The number of H-pyrrole nitrogens is 1. The number of phenols is 1. The number of hydrazone groups is 1. The Morgan fingerprint density at radius 2 is 1.95 bits per heavy atom. The van der Waals surface area contributed by atoms with Crippen LogP contribution < -0.4 is 5.43 Å². The number of imidazole rings is 1. The van der Waals surface area contributed by atoms with Crippen molar-refractivity contribution in [1.82, 2.24) is 9.97 Å². The summed E-state index contributed by atoms with van der Waals surface area (Å²) in [6, 6.07) is 15.9. The molecule has 102 valence electrons. The number of benzene rings is 2. The summed E-state index contributed by atoms with van der Waals surface area (Å²) in [7, 11) is 0. The van der Waals surface area contributed by atoms with Gasteiger partial charge < -0.3 is 10.1 Å². The number of rotatable bonds is 3. The minimum Gasteiger partial charge on any atom is -0.508 e. The van der Waals surface area contributed by atoms with Gasteiger partial charge in [0.1, 0.15) is 11.8 Å². The van der Waals surface area contributed by atoms with Gasteiger partial charge in [-0.05, 0) is 36.4 Å². The van der Waals surface area contributed by atoms with Crippen LogP contribution in [0.3, 0.4) is 0 Å². The summed E-state index contributed by atoms with van der Waals surface area (Å²) in [4.78, 5) is 7.37. The first-order valence-electron chi connectivity index (χ1n) is 6.24. The van der Waals surface area contributed by atoms with Crippen LogP contribution >= 0.6 is 0 Å². The highest BCUT2D eigenvalue weighted by Gasteiger charge is 2.08. The summed E-state index contributed by atoms with van der Waals surface area (Å²) in [5.41, 5.74) is 5.20. The number of phenolic OH excluding ortho intramolecular Hbond substituents is 1. The Balaban J connectivity index is 1.89. The maximum Gasteiger partial charge on any atom is 0.203 e. The second kappa shape index (κ2) is 5.35. The highest BCUT2D eigenvalue weighted by atomic mass is 16.3. The van der Waals surface area contributed by atoms with E-state index in [0.717, 1.165) is 11.0 Å². The van der Waals surface area contributed by atoms with Crippen molar-refractivity contribution in [1.29, 1.82) is 5.26 Å². The van der Waals surface area contributed by atoms with Gasteiger partial charge in [0.15, 0.2) is 5.82 Å². The molecule has 3 rings (SSSR count). The van der Waals surface area contributed by atoms with Gasteiger partial charge in [0.05, 0.1) is 16.7 Å². The molecule has 0 saturated carbocycles. The molecule has 2 aromatic carbocycles. The van der Waals surface area contributed by atoms with Gasteiger partial charge in [0, 0.05) is 0 Å². The SMILES string of the molecule is N#C/C(=N\Nc1ccc(O)cc1)c1nc2ccccc2[nH]1. The minimum atomic E-state index is 0.152. The lowest BCUT2D eigenvalue weighted by molar-refractivity contribution is 0.475. The van der Waals surface area contributed by atoms with E-state index in [1.165, 1.54) is 12.1 Å². The average molecular weight is 277 g/mol. The van der Waals surface area contributed by atoms with Crippen LogP contribution in [0.5, 0.6) is 5.75 Å². The third-order valence-electron chi connectivity index (χ3n) is 2.88. The van der Waals surface area contributed by atoms with Crippen LogP contribution in [0.2, 0.25) is 0 Å². The normalized spacial score (nSPS) is 11.3. The Morgan fingerprint density at radius 3 is 2.67 bits per heavy atom. The predicted octanol–water partition coefficient (Wildman–Crippen LogP) is 2.61. The van der Waals surface area contributed by atoms with Crippen LogP contribution in [0.15, 0.2) is 53.6 Å². The number of nitriles is 1. The van der Waals surface area contributed by atoms with Crippen LogP contribution in [-0.4, -0.2) is 20.8 Å². The highest BCUT2D eigenvalue weighted by Crippen LogP contribution is 2.14. The van der Waals surface area contributed by atoms with Crippen LogP contribution in [0, 0.1) is 11.3 Å². The van der Waals surface area contributed by atoms with Crippen molar-refractivity contribution < 1.29 is 5.11 Å². The first-order valence-corrected chi connectivity index (χ1v) is 6.24. The van der Waals surface area contributed by atoms with E-state index in [9.17, 15) is 10.4 Å². The Kier molecular flexibility index (Phi) is 3.23. The molecule has 0 aliphatic heterocycles. The minimum absolute atomic E-state index is 0.152. The molecule has 0 amide bonds. The molecule has 0 aliphatic rings. The fraction of sp³-hybridized carbons (Fsp3) is 0. The summed E-state index contributed by atoms with van der Waals surface area (Å²) < 4.78 is 0. The van der Waals surface area contributed by atoms with E-state index >= 15 is 0 Å². The Morgan fingerprint density at radius 1 is 1.19 bits per heavy atom. The molecule has 3 N–H and O–H groups in total. The molecule has 0 spiro atoms. The van der Waals surface area contributed by atoms with Gasteiger partial charge in [-0.1, -0.05) is 12.1 Å². The molecule has 0 radical (unpaired) electrons. The molecule has 21 heavy (non-hydrogen) atoms. The first kappa shape index (κ1) is 12.7. The second-order valence-electron chi connectivity index (χ2n) is 4.33. The van der Waals surface area contributed by atoms with Crippen molar-refractivity contribution >= 4 is 22.4 Å². The standard InChI is InChI=1S/C15H11N5O/c16-9-14(20-19-10-5-7-11(21)8-6-10)15-17-12-3-1-2-4-13(12)18-15/h1-8,19,21H,(H,17,18)/b20-14+. The molecular weight excluding hydrogens is 266 g/mol. The summed E-state index contributed by atoms with van der Waals surface area (Å²) in [5.74, 6) is 0.576. The number of aromatic hydroxyl groups is 1. The molecule has 0 bridgehead atoms. The molecular formula is C15H11N5O. The number of aromatic nitrogens is 2. The number of nitrogens with zero attached hydrogens (tertiary/aromatic N) is 3. The van der Waals surface area contributed by atoms with E-state index in [0.29, 0.717) is 11.5 Å². The monoisotopic (exact) mass is 277 g/mol. The third-order valence-corrected chi connectivity index (χ3v) is 2.88. The van der Waals surface area contributed by atoms with E-state index in [4.69, 9.17) is 0 Å². The zero-order valence-electron chi connectivity index (χ0n) is 10.9. The lowest BCUT2D eigenvalue weighted by Gasteiger charge is -2.00. The number of aromatic amines is 1. The molecule has 6 heteroatoms. The molecule has 0 aliphatic carbocycles. The molecule has 1 aromatic heterocycles. The van der Waals surface area contributed by atoms with Crippen molar-refractivity contribution in [2.24, 2.45) is 5.10 Å². The van der Waals surface area contributed by atoms with E-state index < -0.39 is 0 Å². The van der Waals surface area contributed by atoms with Crippen LogP contribution in [0.4, 0.5) is 5.69 Å². The molecule has 6 nitrogen and oxygen atoms in total. The van der Waals surface area contributed by atoms with E-state index in [1.54, 1.807) is 12.1 Å². The van der Waals surface area contributed by atoms with Crippen LogP contribution in [0.25, 0.3) is 11.0 Å². The first-order chi connectivity index (χ1) is 10.3. The van der Waals surface area contributed by atoms with Crippen molar-refractivity contribution in [2.75, 3.05) is 5.43 Å². The number of nitrogens with one attached hydrogen (secondary N) is 2. The van der Waals surface area contributed by atoms with E-state index in [1.807, 2.05) is 30.3 Å². The number of anilines is 1. The number of fused-ring (bicyclic) bond motifs is 1. The van der Waals surface area contributed by atoms with E-state index in [2.05, 4.69) is 20.5 Å². The van der Waals surface area contributed by atoms with Crippen LogP contribution in [-0.2, 0) is 0 Å². The fourth-order valence-corrected chi connectivity index (χ4v) is 1.85. The number of hydrogen-bond acceptors (Lipinski definition) is 5. The van der Waals surface area contributed by atoms with Gasteiger partial charge in [0.25, 0.3) is 0 Å². The van der Waals surface area contributed by atoms with Crippen molar-refractivity contribution in [2.45, 2.75) is 0 Å². The Labute approximate surface area is 120 Å². The summed E-state index contributed by atoms with van der Waals surface area (Å²) >= 11 is 0. The average Bonchev–Trinajstić information content (AvgIpc) is 2.93. The van der Waals surface area contributed by atoms with Gasteiger partial charge in [0.2, 0.25) is 5.71 Å². The molecule has 0 unspecified atom stereocenters. The smallest absolute Gasteiger partial charge is 0.203 e. The second-order valence-corrected chi connectivity index (χ2v) is 4.33. The zero-order valence-corrected chi connectivity index (χ0v) is 10.9. The molecule has 1 heterocycles. The third kappa shape index (κ3) is 2.67. The maximum absolute atomic E-state index is 9.21. The molecule has 0 atom stereocenters. The van der Waals surface area contributed by atoms with Crippen molar-refractivity contribution in [3.63, 3.8) is 0 Å². The van der Waals surface area contributed by atoms with E-state index in [-0.39, 0.29) is 11.5 Å². The lowest BCUT2D eigenvalue weighted by Crippen LogP contribution is -2.03. The molecule has 0 saturated heterocycles. The largest absolute Gasteiger partial charge is 0.508 e. The van der Waals surface area contributed by atoms with Gasteiger partial charge in [-0.2, -0.15) is 10.4 Å². The van der Waals surface area contributed by atoms with Gasteiger partial charge in [-0.15, -0.1) is 0 Å². The fourth-order valence-electron chi connectivity index (χ4n) is 1.85. The molecule has 0 fully saturated rings. The topological polar surface area (TPSA) is 97.1 Å². The summed E-state index contributed by atoms with van der Waals surface area (Å²) in [6.07, 6.45) is 0. The summed E-state index contributed by atoms with van der Waals surface area (Å²) in [5, 5.41) is 22.5. The summed E-state index contributed by atoms with van der Waals surface area (Å²) in [6.45, 7) is 0. The van der Waals surface area contributed by atoms with Crippen molar-refractivity contribution in [3.8, 4) is 11.8 Å². The van der Waals surface area contributed by atoms with Gasteiger partial charge in [-0.3, -0.25) is 5.43 Å². The maximum atomic E-state index is 9.21. The Bertz CT molecular complexity index is 809. The zero-order chi connectivity index (χ0) is 14.7. The van der Waals surface area contributed by atoms with Gasteiger partial charge in [-0.25, -0.2) is 4.98 Å². The van der Waals surface area contributed by atoms with Gasteiger partial charge >= 0.3 is 0 Å². The van der Waals surface area contributed by atoms with Crippen molar-refractivity contribution in [3.05, 3.63) is 54.4 Å².